The van der Waals surface area contributed by atoms with Crippen LogP contribution in [0.25, 0.3) is 144 Å². The highest BCUT2D eigenvalue weighted by Crippen LogP contribution is 2.41. The van der Waals surface area contributed by atoms with E-state index in [0.29, 0.717) is 0 Å². The highest BCUT2D eigenvalue weighted by molar-refractivity contribution is 6.13. The Morgan fingerprint density at radius 1 is 0.163 bits per heavy atom. The molecule has 2 heterocycles. The number of hydrogen-bond acceptors (Lipinski definition) is 0. The van der Waals surface area contributed by atoms with Crippen molar-refractivity contribution >= 4 is 43.6 Å². The number of rotatable bonds is 10. The van der Waals surface area contributed by atoms with Gasteiger partial charge in [-0.15, -0.1) is 0 Å². The number of nitrogens with zero attached hydrogens (tertiary/aromatic N) is 2. The predicted molar refractivity (Wildman–Crippen MR) is 339 cm³/mol. The molecule has 374 valence electrons. The minimum atomic E-state index is 1.14. The summed E-state index contributed by atoms with van der Waals surface area (Å²) in [5, 5.41) is 4.95. The van der Waals surface area contributed by atoms with Crippen LogP contribution in [0.1, 0.15) is 0 Å². The molecule has 0 fully saturated rings. The molecule has 0 spiro atoms. The Labute approximate surface area is 466 Å². The Balaban J connectivity index is 0.694. The Bertz CT molecular complexity index is 4770. The monoisotopic (exact) mass is 1020 g/mol. The SMILES string of the molecule is c1ccc(-c2ccc(-c3cccc(-c4cccc(-c5ccc(-c6ccc(-c7cccc(-n8c9ccccc9c9cc(-c%10ccc%11c(c%10)c%10ccccc%10n%11-c%10ccccc%10-c%10ccccc%10)ccc98)c7)cc6)cc5)c4)c3)cc2)cc1. The lowest BCUT2D eigenvalue weighted by Gasteiger charge is -2.14. The van der Waals surface area contributed by atoms with Gasteiger partial charge >= 0.3 is 0 Å². The Morgan fingerprint density at radius 2 is 0.475 bits per heavy atom. The van der Waals surface area contributed by atoms with Crippen molar-refractivity contribution in [1.82, 2.24) is 9.13 Å². The van der Waals surface area contributed by atoms with Crippen LogP contribution in [0.4, 0.5) is 0 Å². The molecule has 2 aromatic heterocycles. The number of hydrogen-bond donors (Lipinski definition) is 0. The van der Waals surface area contributed by atoms with E-state index in [0.717, 1.165) is 5.69 Å². The molecule has 0 aliphatic rings. The van der Waals surface area contributed by atoms with Crippen molar-refractivity contribution in [1.29, 1.82) is 0 Å². The third-order valence-corrected chi connectivity index (χ3v) is 16.2. The number of benzene rings is 13. The molecule has 0 bridgehead atoms. The first-order valence-corrected chi connectivity index (χ1v) is 27.5. The van der Waals surface area contributed by atoms with E-state index in [1.54, 1.807) is 0 Å². The zero-order valence-electron chi connectivity index (χ0n) is 43.9. The van der Waals surface area contributed by atoms with Crippen LogP contribution in [0.2, 0.25) is 0 Å². The van der Waals surface area contributed by atoms with Crippen molar-refractivity contribution < 1.29 is 0 Å². The van der Waals surface area contributed by atoms with E-state index in [-0.39, 0.29) is 0 Å². The lowest BCUT2D eigenvalue weighted by Crippen LogP contribution is -1.97. The van der Waals surface area contributed by atoms with E-state index in [1.165, 1.54) is 138 Å². The summed E-state index contributed by atoms with van der Waals surface area (Å²) in [4.78, 5) is 0. The van der Waals surface area contributed by atoms with Crippen LogP contribution in [0.5, 0.6) is 0 Å². The van der Waals surface area contributed by atoms with E-state index in [1.807, 2.05) is 0 Å². The fraction of sp³-hybridized carbons (Fsp3) is 0. The molecule has 13 aromatic carbocycles. The van der Waals surface area contributed by atoms with Crippen LogP contribution in [-0.2, 0) is 0 Å². The summed E-state index contributed by atoms with van der Waals surface area (Å²) in [5.74, 6) is 0. The van der Waals surface area contributed by atoms with Gasteiger partial charge in [-0.1, -0.05) is 249 Å². The molecule has 15 aromatic rings. The summed E-state index contributed by atoms with van der Waals surface area (Å²) < 4.78 is 4.86. The molecular weight excluding hydrogens is 965 g/mol. The van der Waals surface area contributed by atoms with Crippen molar-refractivity contribution in [3.63, 3.8) is 0 Å². The van der Waals surface area contributed by atoms with Crippen LogP contribution >= 0.6 is 0 Å². The molecule has 0 amide bonds. The van der Waals surface area contributed by atoms with Crippen LogP contribution in [0, 0.1) is 0 Å². The van der Waals surface area contributed by atoms with Gasteiger partial charge in [0.1, 0.15) is 0 Å². The van der Waals surface area contributed by atoms with Gasteiger partial charge in [-0.2, -0.15) is 0 Å². The molecule has 0 saturated carbocycles. The van der Waals surface area contributed by atoms with E-state index in [4.69, 9.17) is 0 Å². The second-order valence-corrected chi connectivity index (χ2v) is 20.9. The summed E-state index contributed by atoms with van der Waals surface area (Å²) in [6.45, 7) is 0. The largest absolute Gasteiger partial charge is 0.309 e. The molecule has 0 atom stereocenters. The maximum absolute atomic E-state index is 2.43. The van der Waals surface area contributed by atoms with Crippen LogP contribution in [0.15, 0.2) is 315 Å². The maximum Gasteiger partial charge on any atom is 0.0541 e. The Kier molecular flexibility index (Phi) is 11.6. The zero-order chi connectivity index (χ0) is 52.9. The summed E-state index contributed by atoms with van der Waals surface area (Å²) in [5.41, 5.74) is 26.3. The maximum atomic E-state index is 2.43. The average molecular weight is 1020 g/mol. The van der Waals surface area contributed by atoms with E-state index in [2.05, 4.69) is 325 Å². The molecule has 0 radical (unpaired) electrons. The van der Waals surface area contributed by atoms with Crippen LogP contribution in [0.3, 0.4) is 0 Å². The number of aromatic nitrogens is 2. The first kappa shape index (κ1) is 46.7. The van der Waals surface area contributed by atoms with Gasteiger partial charge in [-0.05, 0) is 150 Å². The highest BCUT2D eigenvalue weighted by Gasteiger charge is 2.18. The summed E-state index contributed by atoms with van der Waals surface area (Å²) >= 11 is 0. The second kappa shape index (κ2) is 19.8. The van der Waals surface area contributed by atoms with Gasteiger partial charge in [0.15, 0.2) is 0 Å². The first-order chi connectivity index (χ1) is 39.6. The van der Waals surface area contributed by atoms with Gasteiger partial charge in [0, 0.05) is 32.8 Å². The topological polar surface area (TPSA) is 9.86 Å². The second-order valence-electron chi connectivity index (χ2n) is 20.9. The molecule has 0 saturated heterocycles. The Morgan fingerprint density at radius 3 is 0.988 bits per heavy atom. The summed E-state index contributed by atoms with van der Waals surface area (Å²) in [6.07, 6.45) is 0. The van der Waals surface area contributed by atoms with Gasteiger partial charge in [0.05, 0.1) is 27.8 Å². The predicted octanol–water partition coefficient (Wildman–Crippen LogP) is 21.2. The van der Waals surface area contributed by atoms with E-state index >= 15 is 0 Å². The van der Waals surface area contributed by atoms with Crippen molar-refractivity contribution in [3.8, 4) is 100 Å². The van der Waals surface area contributed by atoms with E-state index in [9.17, 15) is 0 Å². The molecule has 0 N–H and O–H groups in total. The van der Waals surface area contributed by atoms with Gasteiger partial charge in [0.25, 0.3) is 0 Å². The van der Waals surface area contributed by atoms with Crippen molar-refractivity contribution in [2.45, 2.75) is 0 Å². The normalized spacial score (nSPS) is 11.5. The molecule has 0 unspecified atom stereocenters. The zero-order valence-corrected chi connectivity index (χ0v) is 43.9. The standard InChI is InChI=1S/C78H52N2/c1-3-16-53(17-4-1)54-32-38-57(39-33-54)61-20-13-22-63(48-61)64-23-14-21-62(49-64)58-40-34-55(35-41-58)56-36-42-59(43-37-56)65-24-15-25-68(50-65)79-75-30-11-8-27-70(75)72-51-66(44-46-77(72)79)67-45-47-78-73(52-67)71-28-9-12-31-76(71)80(78)74-29-10-7-26-69(74)60-18-5-2-6-19-60/h1-52H. The third-order valence-electron chi connectivity index (χ3n) is 16.2. The lowest BCUT2D eigenvalue weighted by molar-refractivity contribution is 1.18. The quantitative estimate of drug-likeness (QED) is 0.129. The smallest absolute Gasteiger partial charge is 0.0541 e. The summed E-state index contributed by atoms with van der Waals surface area (Å²) in [6, 6.07) is 115. The molecule has 0 aliphatic carbocycles. The molecule has 80 heavy (non-hydrogen) atoms. The first-order valence-electron chi connectivity index (χ1n) is 27.5. The van der Waals surface area contributed by atoms with Crippen LogP contribution < -0.4 is 0 Å². The van der Waals surface area contributed by atoms with Gasteiger partial charge in [-0.3, -0.25) is 0 Å². The minimum absolute atomic E-state index is 1.14. The minimum Gasteiger partial charge on any atom is -0.309 e. The van der Waals surface area contributed by atoms with Gasteiger partial charge in [0.2, 0.25) is 0 Å². The van der Waals surface area contributed by atoms with Crippen LogP contribution in [-0.4, -0.2) is 9.13 Å². The number of fused-ring (bicyclic) bond motifs is 6. The van der Waals surface area contributed by atoms with Gasteiger partial charge < -0.3 is 9.13 Å². The lowest BCUT2D eigenvalue weighted by atomic mass is 9.94. The average Bonchev–Trinajstić information content (AvgIpc) is 4.09. The van der Waals surface area contributed by atoms with Crippen molar-refractivity contribution in [3.05, 3.63) is 315 Å². The van der Waals surface area contributed by atoms with Crippen molar-refractivity contribution in [2.75, 3.05) is 0 Å². The molecule has 15 rings (SSSR count). The molecule has 2 nitrogen and oxygen atoms in total. The van der Waals surface area contributed by atoms with E-state index < -0.39 is 0 Å². The highest BCUT2D eigenvalue weighted by atomic mass is 15.0. The fourth-order valence-corrected chi connectivity index (χ4v) is 12.2. The molecule has 0 aliphatic heterocycles. The van der Waals surface area contributed by atoms with Gasteiger partial charge in [-0.25, -0.2) is 0 Å². The molecule has 2 heteroatoms. The fourth-order valence-electron chi connectivity index (χ4n) is 12.2. The third kappa shape index (κ3) is 8.39. The summed E-state index contributed by atoms with van der Waals surface area (Å²) in [7, 11) is 0. The molecular formula is C78H52N2. The van der Waals surface area contributed by atoms with Crippen molar-refractivity contribution in [2.24, 2.45) is 0 Å². The Hall–Kier alpha value is -10.5. The number of para-hydroxylation sites is 3.